The lowest BCUT2D eigenvalue weighted by molar-refractivity contribution is 0.0963. The van der Waals surface area contributed by atoms with Gasteiger partial charge < -0.3 is 9.30 Å². The van der Waals surface area contributed by atoms with Gasteiger partial charge in [-0.25, -0.2) is 4.98 Å². The summed E-state index contributed by atoms with van der Waals surface area (Å²) in [5, 5.41) is 5.05. The van der Waals surface area contributed by atoms with Gasteiger partial charge in [-0.1, -0.05) is 0 Å². The summed E-state index contributed by atoms with van der Waals surface area (Å²) in [5.41, 5.74) is 1.45. The molecule has 8 nitrogen and oxygen atoms in total. The molecule has 1 saturated heterocycles. The minimum absolute atomic E-state index is 0.0895. The maximum Gasteiger partial charge on any atom is 0.261 e. The minimum atomic E-state index is -0.0895. The number of hydrogen-bond donors (Lipinski definition) is 0. The van der Waals surface area contributed by atoms with E-state index in [2.05, 4.69) is 20.1 Å². The highest BCUT2D eigenvalue weighted by Crippen LogP contribution is 2.18. The molecule has 1 unspecified atom stereocenters. The largest absolute Gasteiger partial charge is 0.376 e. The van der Waals surface area contributed by atoms with E-state index in [0.717, 1.165) is 25.0 Å². The van der Waals surface area contributed by atoms with Crippen molar-refractivity contribution in [3.8, 4) is 11.4 Å². The van der Waals surface area contributed by atoms with Crippen LogP contribution < -0.4 is 5.56 Å². The van der Waals surface area contributed by atoms with Gasteiger partial charge in [-0.05, 0) is 31.0 Å². The number of hydrogen-bond acceptors (Lipinski definition) is 6. The van der Waals surface area contributed by atoms with Crippen LogP contribution in [0.1, 0.15) is 12.8 Å². The van der Waals surface area contributed by atoms with E-state index in [0.29, 0.717) is 29.0 Å². The van der Waals surface area contributed by atoms with E-state index in [1.165, 1.54) is 0 Å². The first-order chi connectivity index (χ1) is 12.8. The molecule has 0 spiro atoms. The summed E-state index contributed by atoms with van der Waals surface area (Å²) < 4.78 is 8.94. The third kappa shape index (κ3) is 2.46. The van der Waals surface area contributed by atoms with Gasteiger partial charge in [0, 0.05) is 37.0 Å². The van der Waals surface area contributed by atoms with Crippen molar-refractivity contribution in [2.24, 2.45) is 0 Å². The predicted octanol–water partition coefficient (Wildman–Crippen LogP) is 1.68. The van der Waals surface area contributed by atoms with Crippen LogP contribution in [-0.4, -0.2) is 41.8 Å². The zero-order valence-electron chi connectivity index (χ0n) is 13.9. The van der Waals surface area contributed by atoms with Gasteiger partial charge in [-0.3, -0.25) is 9.78 Å². The number of ether oxygens (including phenoxy) is 1. The molecule has 0 saturated carbocycles. The molecule has 5 heterocycles. The van der Waals surface area contributed by atoms with Crippen LogP contribution in [0.25, 0.3) is 28.1 Å². The van der Waals surface area contributed by atoms with Crippen molar-refractivity contribution in [2.75, 3.05) is 6.61 Å². The first-order valence-electron chi connectivity index (χ1n) is 8.56. The summed E-state index contributed by atoms with van der Waals surface area (Å²) in [4.78, 5) is 25.6. The molecular formula is C18H16N6O2. The molecule has 1 aliphatic heterocycles. The Morgan fingerprint density at radius 1 is 1.23 bits per heavy atom. The van der Waals surface area contributed by atoms with Crippen LogP contribution in [0.2, 0.25) is 0 Å². The Bertz CT molecular complexity index is 1140. The molecule has 130 valence electrons. The molecule has 0 radical (unpaired) electrons. The van der Waals surface area contributed by atoms with Gasteiger partial charge in [0.05, 0.1) is 23.6 Å². The smallest absolute Gasteiger partial charge is 0.261 e. The molecule has 0 aromatic carbocycles. The average molecular weight is 348 g/mol. The molecule has 4 aromatic rings. The lowest BCUT2D eigenvalue weighted by Gasteiger charge is -2.12. The van der Waals surface area contributed by atoms with Crippen LogP contribution >= 0.6 is 0 Å². The quantitative estimate of drug-likeness (QED) is 0.560. The topological polar surface area (TPSA) is 87.2 Å². The molecule has 8 heteroatoms. The fourth-order valence-electron chi connectivity index (χ4n) is 3.33. The van der Waals surface area contributed by atoms with Crippen LogP contribution in [0, 0.1) is 0 Å². The van der Waals surface area contributed by atoms with Gasteiger partial charge in [-0.15, -0.1) is 5.10 Å². The van der Waals surface area contributed by atoms with Crippen molar-refractivity contribution in [1.82, 2.24) is 29.1 Å². The van der Waals surface area contributed by atoms with Gasteiger partial charge in [0.15, 0.2) is 5.82 Å². The van der Waals surface area contributed by atoms with Crippen molar-refractivity contribution in [2.45, 2.75) is 25.5 Å². The highest BCUT2D eigenvalue weighted by molar-refractivity contribution is 5.79. The third-order valence-electron chi connectivity index (χ3n) is 4.67. The van der Waals surface area contributed by atoms with E-state index in [9.17, 15) is 4.79 Å². The summed E-state index contributed by atoms with van der Waals surface area (Å²) in [6, 6.07) is 5.56. The van der Waals surface area contributed by atoms with Crippen LogP contribution in [0.5, 0.6) is 0 Å². The molecule has 1 fully saturated rings. The first-order valence-corrected chi connectivity index (χ1v) is 8.56. The van der Waals surface area contributed by atoms with Crippen molar-refractivity contribution >= 4 is 16.7 Å². The molecule has 1 aliphatic rings. The van der Waals surface area contributed by atoms with Gasteiger partial charge in [-0.2, -0.15) is 9.50 Å². The minimum Gasteiger partial charge on any atom is -0.376 e. The van der Waals surface area contributed by atoms with E-state index in [1.54, 1.807) is 33.9 Å². The molecule has 0 N–H and O–H groups in total. The Kier molecular flexibility index (Phi) is 3.49. The lowest BCUT2D eigenvalue weighted by atomic mass is 10.2. The van der Waals surface area contributed by atoms with Crippen LogP contribution in [0.3, 0.4) is 0 Å². The zero-order chi connectivity index (χ0) is 17.5. The van der Waals surface area contributed by atoms with E-state index >= 15 is 0 Å². The summed E-state index contributed by atoms with van der Waals surface area (Å²) in [6.07, 6.45) is 8.88. The number of fused-ring (bicyclic) bond motifs is 3. The monoisotopic (exact) mass is 348 g/mol. The number of aromatic nitrogens is 6. The maximum atomic E-state index is 12.8. The normalized spacial score (nSPS) is 17.3. The Hall–Kier alpha value is -3.13. The molecule has 26 heavy (non-hydrogen) atoms. The second-order valence-corrected chi connectivity index (χ2v) is 6.35. The van der Waals surface area contributed by atoms with E-state index in [4.69, 9.17) is 4.74 Å². The highest BCUT2D eigenvalue weighted by Gasteiger charge is 2.18. The van der Waals surface area contributed by atoms with Gasteiger partial charge in [0.1, 0.15) is 0 Å². The molecule has 5 rings (SSSR count). The lowest BCUT2D eigenvalue weighted by Crippen LogP contribution is -2.26. The van der Waals surface area contributed by atoms with Gasteiger partial charge in [0.2, 0.25) is 0 Å². The summed E-state index contributed by atoms with van der Waals surface area (Å²) in [6.45, 7) is 1.33. The first kappa shape index (κ1) is 15.2. The van der Waals surface area contributed by atoms with Crippen LogP contribution in [0.4, 0.5) is 0 Å². The van der Waals surface area contributed by atoms with Crippen molar-refractivity contribution in [3.05, 3.63) is 53.3 Å². The molecule has 4 aromatic heterocycles. The molecule has 1 atom stereocenters. The Morgan fingerprint density at radius 2 is 2.12 bits per heavy atom. The summed E-state index contributed by atoms with van der Waals surface area (Å²) in [5.74, 6) is 1.01. The second kappa shape index (κ2) is 5.99. The fraction of sp³-hybridized carbons (Fsp3) is 0.278. The fourth-order valence-corrected chi connectivity index (χ4v) is 3.33. The molecule has 0 bridgehead atoms. The SMILES string of the molecule is O=c1c2cnc3nc(-c4ccncc4)nn3c2ccn1CC1CCCO1. The maximum absolute atomic E-state index is 12.8. The van der Waals surface area contributed by atoms with E-state index < -0.39 is 0 Å². The molecular weight excluding hydrogens is 332 g/mol. The Morgan fingerprint density at radius 3 is 2.92 bits per heavy atom. The Labute approximate surface area is 148 Å². The highest BCUT2D eigenvalue weighted by atomic mass is 16.5. The van der Waals surface area contributed by atoms with Crippen LogP contribution in [0.15, 0.2) is 47.8 Å². The van der Waals surface area contributed by atoms with Gasteiger partial charge >= 0.3 is 0 Å². The molecule has 0 amide bonds. The van der Waals surface area contributed by atoms with Crippen molar-refractivity contribution in [3.63, 3.8) is 0 Å². The van der Waals surface area contributed by atoms with E-state index in [-0.39, 0.29) is 11.7 Å². The number of pyridine rings is 2. The number of nitrogens with zero attached hydrogens (tertiary/aromatic N) is 6. The standard InChI is InChI=1S/C18H16N6O2/c25-17-14-10-20-18-21-16(12-3-6-19-7-4-12)22-24(18)15(14)5-8-23(17)11-13-2-1-9-26-13/h3-8,10,13H,1-2,9,11H2. The predicted molar refractivity (Wildman–Crippen MR) is 94.8 cm³/mol. The van der Waals surface area contributed by atoms with Gasteiger partial charge in [0.25, 0.3) is 11.3 Å². The second-order valence-electron chi connectivity index (χ2n) is 6.35. The van der Waals surface area contributed by atoms with Crippen molar-refractivity contribution in [1.29, 1.82) is 0 Å². The average Bonchev–Trinajstić information content (AvgIpc) is 3.34. The molecule has 0 aliphatic carbocycles. The number of rotatable bonds is 3. The van der Waals surface area contributed by atoms with Crippen LogP contribution in [-0.2, 0) is 11.3 Å². The third-order valence-corrected chi connectivity index (χ3v) is 4.67. The summed E-state index contributed by atoms with van der Waals surface area (Å²) >= 11 is 0. The van der Waals surface area contributed by atoms with Crippen molar-refractivity contribution < 1.29 is 4.74 Å². The van der Waals surface area contributed by atoms with E-state index in [1.807, 2.05) is 18.2 Å². The summed E-state index contributed by atoms with van der Waals surface area (Å²) in [7, 11) is 0. The Balaban J connectivity index is 1.62. The zero-order valence-corrected chi connectivity index (χ0v) is 13.9.